The summed E-state index contributed by atoms with van der Waals surface area (Å²) in [5.41, 5.74) is 5.58. The molecule has 4 heteroatoms. The van der Waals surface area contributed by atoms with E-state index in [1.807, 2.05) is 11.8 Å². The second-order valence-corrected chi connectivity index (χ2v) is 4.77. The van der Waals surface area contributed by atoms with Crippen molar-refractivity contribution in [2.45, 2.75) is 30.1 Å². The Morgan fingerprint density at radius 3 is 2.75 bits per heavy atom. The topological polar surface area (TPSA) is 50.4 Å². The fraction of sp³-hybridized carbons (Fsp3) is 0.875. The third-order valence-corrected chi connectivity index (χ3v) is 4.51. The highest BCUT2D eigenvalue weighted by atomic mass is 32.2. The van der Waals surface area contributed by atoms with E-state index in [1.165, 1.54) is 19.3 Å². The summed E-state index contributed by atoms with van der Waals surface area (Å²) in [5.74, 6) is 0.625. The number of hydrogen-bond acceptors (Lipinski definition) is 4. The average Bonchev–Trinajstić information content (AvgIpc) is 2.35. The zero-order valence-electron chi connectivity index (χ0n) is 7.34. The molecule has 2 aliphatic rings. The molecule has 1 unspecified atom stereocenters. The molecule has 0 radical (unpaired) electrons. The quantitative estimate of drug-likeness (QED) is 0.661. The van der Waals surface area contributed by atoms with Gasteiger partial charge in [-0.3, -0.25) is 4.99 Å². The van der Waals surface area contributed by atoms with Gasteiger partial charge in [0.05, 0.1) is 12.6 Å². The largest absolute Gasteiger partial charge is 0.370 e. The van der Waals surface area contributed by atoms with Crippen LogP contribution in [0.25, 0.3) is 0 Å². The summed E-state index contributed by atoms with van der Waals surface area (Å²) in [6.45, 7) is 0.868. The van der Waals surface area contributed by atoms with Crippen LogP contribution in [0.15, 0.2) is 4.99 Å². The summed E-state index contributed by atoms with van der Waals surface area (Å²) in [6.07, 6.45) is 6.18. The molecule has 0 amide bonds. The molecule has 0 aromatic heterocycles. The van der Waals surface area contributed by atoms with E-state index in [0.29, 0.717) is 16.7 Å². The van der Waals surface area contributed by atoms with E-state index in [4.69, 9.17) is 5.73 Å². The van der Waals surface area contributed by atoms with Crippen LogP contribution in [0.2, 0.25) is 0 Å². The van der Waals surface area contributed by atoms with E-state index >= 15 is 0 Å². The molecule has 0 bridgehead atoms. The number of guanidine groups is 1. The second-order valence-electron chi connectivity index (χ2n) is 3.55. The van der Waals surface area contributed by atoms with E-state index in [2.05, 4.69) is 16.6 Å². The Labute approximate surface area is 77.2 Å². The maximum Gasteiger partial charge on any atom is 0.188 e. The molecule has 12 heavy (non-hydrogen) atoms. The van der Waals surface area contributed by atoms with Gasteiger partial charge in [-0.2, -0.15) is 11.8 Å². The third-order valence-electron chi connectivity index (χ3n) is 3.01. The highest BCUT2D eigenvalue weighted by molar-refractivity contribution is 8.00. The van der Waals surface area contributed by atoms with Crippen molar-refractivity contribution >= 4 is 17.7 Å². The van der Waals surface area contributed by atoms with Crippen molar-refractivity contribution in [3.63, 3.8) is 0 Å². The van der Waals surface area contributed by atoms with E-state index in [-0.39, 0.29) is 0 Å². The molecule has 0 saturated heterocycles. The van der Waals surface area contributed by atoms with Crippen molar-refractivity contribution in [2.24, 2.45) is 10.7 Å². The molecule has 1 aliphatic heterocycles. The maximum atomic E-state index is 5.58. The summed E-state index contributed by atoms with van der Waals surface area (Å²) in [5, 5.41) is 3.25. The molecule has 3 N–H and O–H groups in total. The maximum absolute atomic E-state index is 5.58. The number of rotatable bonds is 2. The molecule has 1 fully saturated rings. The van der Waals surface area contributed by atoms with Gasteiger partial charge in [-0.25, -0.2) is 0 Å². The second kappa shape index (κ2) is 2.83. The van der Waals surface area contributed by atoms with Crippen molar-refractivity contribution in [1.82, 2.24) is 5.32 Å². The molecular formula is C8H15N3S. The molecule has 1 atom stereocenters. The van der Waals surface area contributed by atoms with Crippen molar-refractivity contribution in [2.75, 3.05) is 12.8 Å². The monoisotopic (exact) mass is 185 g/mol. The molecule has 68 valence electrons. The summed E-state index contributed by atoms with van der Waals surface area (Å²) < 4.78 is 0.435. The summed E-state index contributed by atoms with van der Waals surface area (Å²) in [6, 6.07) is 0.487. The van der Waals surface area contributed by atoms with E-state index in [0.717, 1.165) is 6.54 Å². The van der Waals surface area contributed by atoms with Crippen LogP contribution in [0.5, 0.6) is 0 Å². The van der Waals surface area contributed by atoms with Crippen molar-refractivity contribution in [3.8, 4) is 0 Å². The predicted molar refractivity (Wildman–Crippen MR) is 53.5 cm³/mol. The van der Waals surface area contributed by atoms with Gasteiger partial charge in [-0.05, 0) is 19.1 Å². The number of aliphatic imine (C=N–C) groups is 1. The summed E-state index contributed by atoms with van der Waals surface area (Å²) in [4.78, 5) is 4.18. The van der Waals surface area contributed by atoms with Crippen molar-refractivity contribution < 1.29 is 0 Å². The molecule has 0 aromatic carbocycles. The van der Waals surface area contributed by atoms with Crippen LogP contribution in [-0.4, -0.2) is 29.5 Å². The van der Waals surface area contributed by atoms with Crippen LogP contribution in [0.1, 0.15) is 19.3 Å². The molecule has 3 nitrogen and oxygen atoms in total. The highest BCUT2D eigenvalue weighted by Crippen LogP contribution is 2.46. The minimum absolute atomic E-state index is 0.435. The number of nitrogens with one attached hydrogen (secondary N) is 1. The first kappa shape index (κ1) is 8.23. The van der Waals surface area contributed by atoms with E-state index in [1.54, 1.807) is 0 Å². The fourth-order valence-electron chi connectivity index (χ4n) is 1.98. The zero-order chi connectivity index (χ0) is 8.60. The van der Waals surface area contributed by atoms with Crippen LogP contribution in [0, 0.1) is 0 Å². The van der Waals surface area contributed by atoms with E-state index < -0.39 is 0 Å². The highest BCUT2D eigenvalue weighted by Gasteiger charge is 2.45. The van der Waals surface area contributed by atoms with Gasteiger partial charge in [0.15, 0.2) is 5.96 Å². The normalized spacial score (nSPS) is 32.1. The Balaban J connectivity index is 2.00. The molecule has 0 aromatic rings. The van der Waals surface area contributed by atoms with Crippen LogP contribution in [0.3, 0.4) is 0 Å². The molecule has 1 saturated carbocycles. The van der Waals surface area contributed by atoms with Gasteiger partial charge >= 0.3 is 0 Å². The van der Waals surface area contributed by atoms with Gasteiger partial charge in [0.1, 0.15) is 0 Å². The molecule has 2 rings (SSSR count). The Bertz CT molecular complexity index is 205. The summed E-state index contributed by atoms with van der Waals surface area (Å²) in [7, 11) is 0. The number of thioether (sulfide) groups is 1. The van der Waals surface area contributed by atoms with Crippen molar-refractivity contribution in [3.05, 3.63) is 0 Å². The SMILES string of the molecule is CSC1(C2CN=C(N)N2)CCC1. The number of nitrogens with zero attached hydrogens (tertiary/aromatic N) is 1. The number of nitrogens with two attached hydrogens (primary N) is 1. The first-order valence-corrected chi connectivity index (χ1v) is 5.61. The van der Waals surface area contributed by atoms with Gasteiger partial charge in [0, 0.05) is 4.75 Å². The lowest BCUT2D eigenvalue weighted by molar-refractivity contribution is 0.302. The van der Waals surface area contributed by atoms with Crippen LogP contribution < -0.4 is 11.1 Å². The van der Waals surface area contributed by atoms with Gasteiger partial charge in [-0.15, -0.1) is 0 Å². The molecule has 0 spiro atoms. The zero-order valence-corrected chi connectivity index (χ0v) is 8.16. The van der Waals surface area contributed by atoms with Gasteiger partial charge in [0.2, 0.25) is 0 Å². The van der Waals surface area contributed by atoms with Gasteiger partial charge in [-0.1, -0.05) is 6.42 Å². The standard InChI is InChI=1S/C8H15N3S/c1-12-8(3-2-4-8)6-5-10-7(9)11-6/h6H,2-5H2,1H3,(H3,9,10,11). The lowest BCUT2D eigenvalue weighted by atomic mass is 9.78. The summed E-state index contributed by atoms with van der Waals surface area (Å²) >= 11 is 1.97. The lowest BCUT2D eigenvalue weighted by Crippen LogP contribution is -2.54. The smallest absolute Gasteiger partial charge is 0.188 e. The number of hydrogen-bond donors (Lipinski definition) is 2. The van der Waals surface area contributed by atoms with E-state index in [9.17, 15) is 0 Å². The Morgan fingerprint density at radius 2 is 2.42 bits per heavy atom. The molecule has 1 heterocycles. The predicted octanol–water partition coefficient (Wildman–Crippen LogP) is 0.559. The Morgan fingerprint density at radius 1 is 1.67 bits per heavy atom. The van der Waals surface area contributed by atoms with Crippen molar-refractivity contribution in [1.29, 1.82) is 0 Å². The molecular weight excluding hydrogens is 170 g/mol. The van der Waals surface area contributed by atoms with Crippen LogP contribution >= 0.6 is 11.8 Å². The van der Waals surface area contributed by atoms with Gasteiger partial charge in [0.25, 0.3) is 0 Å². The minimum atomic E-state index is 0.435. The fourth-order valence-corrected chi connectivity index (χ4v) is 3.09. The first-order valence-electron chi connectivity index (χ1n) is 4.38. The van der Waals surface area contributed by atoms with Crippen LogP contribution in [-0.2, 0) is 0 Å². The van der Waals surface area contributed by atoms with Gasteiger partial charge < -0.3 is 11.1 Å². The Kier molecular flexibility index (Phi) is 1.94. The minimum Gasteiger partial charge on any atom is -0.370 e. The van der Waals surface area contributed by atoms with Crippen LogP contribution in [0.4, 0.5) is 0 Å². The molecule has 1 aliphatic carbocycles. The lowest BCUT2D eigenvalue weighted by Gasteiger charge is -2.44. The average molecular weight is 185 g/mol. The third kappa shape index (κ3) is 1.09. The Hall–Kier alpha value is -0.380. The first-order chi connectivity index (χ1) is 5.77.